The van der Waals surface area contributed by atoms with Crippen LogP contribution in [-0.2, 0) is 26.2 Å². The van der Waals surface area contributed by atoms with Gasteiger partial charge in [0.15, 0.2) is 0 Å². The molecule has 1 N–H and O–H groups in total. The van der Waals surface area contributed by atoms with E-state index < -0.39 is 0 Å². The number of hydrogen-bond donors (Lipinski definition) is 1. The smallest absolute Gasteiger partial charge is 1.00 e. The van der Waals surface area contributed by atoms with Crippen LogP contribution >= 0.6 is 0 Å². The normalized spacial score (nSPS) is 14.9. The number of benzene rings is 1. The van der Waals surface area contributed by atoms with Gasteiger partial charge in [-0.2, -0.15) is 0 Å². The van der Waals surface area contributed by atoms with Gasteiger partial charge < -0.3 is 42.3 Å². The van der Waals surface area contributed by atoms with E-state index >= 15 is 0 Å². The number of fused-ring (bicyclic) bond motifs is 1. The molecule has 81 valence electrons. The van der Waals surface area contributed by atoms with Gasteiger partial charge in [0.05, 0.1) is 6.61 Å². The summed E-state index contributed by atoms with van der Waals surface area (Å²) in [6.45, 7) is 0.216. The summed E-state index contributed by atoms with van der Waals surface area (Å²) in [5, 5.41) is 8.96. The molecule has 0 fully saturated rings. The van der Waals surface area contributed by atoms with Gasteiger partial charge in [0.25, 0.3) is 0 Å². The van der Waals surface area contributed by atoms with Crippen molar-refractivity contribution < 1.29 is 68.5 Å². The monoisotopic (exact) mass is 341 g/mol. The van der Waals surface area contributed by atoms with Crippen LogP contribution in [0.2, 0.25) is 0 Å². The van der Waals surface area contributed by atoms with Crippen LogP contribution in [-0.4, -0.2) is 11.7 Å². The molecule has 1 aromatic rings. The molecule has 1 nitrogen and oxygen atoms in total. The van der Waals surface area contributed by atoms with Crippen LogP contribution in [0.4, 0.5) is 0 Å². The molecule has 1 aliphatic rings. The second-order valence-corrected chi connectivity index (χ2v) is 2.78. The van der Waals surface area contributed by atoms with E-state index in [1.54, 1.807) is 0 Å². The molecule has 0 unspecified atom stereocenters. The zero-order chi connectivity index (χ0) is 7.68. The Kier molecular flexibility index (Phi) is 13.8. The van der Waals surface area contributed by atoms with E-state index in [0.29, 0.717) is 0 Å². The van der Waals surface area contributed by atoms with E-state index in [9.17, 15) is 0 Å². The molecule has 0 amide bonds. The summed E-state index contributed by atoms with van der Waals surface area (Å²) < 4.78 is 0. The number of halogens is 3. The van der Waals surface area contributed by atoms with Crippen LogP contribution in [0, 0.1) is 0 Å². The summed E-state index contributed by atoms with van der Waals surface area (Å²) in [4.78, 5) is 0. The molecule has 1 atom stereocenters. The molecule has 0 aromatic heterocycles. The van der Waals surface area contributed by atoms with Crippen molar-refractivity contribution in [1.82, 2.24) is 0 Å². The SMILES string of the molecule is OC[C@H]1C=Cc2ccccc21.[Cl-].[Cl-].[Cl-].[Zr+3]. The molecule has 0 spiro atoms. The maximum absolute atomic E-state index is 8.96. The van der Waals surface area contributed by atoms with Crippen molar-refractivity contribution in [2.24, 2.45) is 0 Å². The Labute approximate surface area is 128 Å². The van der Waals surface area contributed by atoms with Gasteiger partial charge in [-0.15, -0.1) is 0 Å². The van der Waals surface area contributed by atoms with E-state index in [0.717, 1.165) is 0 Å². The number of aliphatic hydroxyl groups excluding tert-OH is 1. The minimum atomic E-state index is 0. The third-order valence-electron chi connectivity index (χ3n) is 2.10. The maximum atomic E-state index is 8.96. The van der Waals surface area contributed by atoms with Crippen LogP contribution in [0.5, 0.6) is 0 Å². The zero-order valence-electron chi connectivity index (χ0n) is 7.83. The molecule has 0 saturated carbocycles. The molecule has 2 rings (SSSR count). The van der Waals surface area contributed by atoms with Gasteiger partial charge in [-0.3, -0.25) is 0 Å². The van der Waals surface area contributed by atoms with Gasteiger partial charge in [-0.1, -0.05) is 36.4 Å². The Balaban J connectivity index is -0.000000360. The van der Waals surface area contributed by atoms with Crippen molar-refractivity contribution in [2.45, 2.75) is 5.92 Å². The first kappa shape index (κ1) is 21.0. The summed E-state index contributed by atoms with van der Waals surface area (Å²) in [7, 11) is 0. The number of hydrogen-bond acceptors (Lipinski definition) is 1. The van der Waals surface area contributed by atoms with Crippen LogP contribution in [0.15, 0.2) is 30.3 Å². The van der Waals surface area contributed by atoms with E-state index in [2.05, 4.69) is 18.2 Å². The fourth-order valence-corrected chi connectivity index (χ4v) is 1.48. The first-order valence-corrected chi connectivity index (χ1v) is 3.80. The summed E-state index contributed by atoms with van der Waals surface area (Å²) in [6.07, 6.45) is 4.11. The Morgan fingerprint density at radius 3 is 2.27 bits per heavy atom. The summed E-state index contributed by atoms with van der Waals surface area (Å²) in [5.74, 6) is 0.228. The van der Waals surface area contributed by atoms with Crippen molar-refractivity contribution in [3.05, 3.63) is 41.5 Å². The molecule has 0 heterocycles. The maximum Gasteiger partial charge on any atom is 3.00 e. The summed E-state index contributed by atoms with van der Waals surface area (Å²) >= 11 is 0. The third-order valence-corrected chi connectivity index (χ3v) is 2.10. The van der Waals surface area contributed by atoms with Gasteiger partial charge in [0.1, 0.15) is 0 Å². The Morgan fingerprint density at radius 2 is 1.67 bits per heavy atom. The van der Waals surface area contributed by atoms with E-state index in [-0.39, 0.29) is 75.9 Å². The Morgan fingerprint density at radius 1 is 1.07 bits per heavy atom. The van der Waals surface area contributed by atoms with Gasteiger partial charge in [0.2, 0.25) is 0 Å². The molecular formula is C10H10Cl3OZr. The molecule has 0 aliphatic heterocycles. The van der Waals surface area contributed by atoms with Crippen LogP contribution in [0.25, 0.3) is 6.08 Å². The van der Waals surface area contributed by atoms with Crippen molar-refractivity contribution in [3.8, 4) is 0 Å². The van der Waals surface area contributed by atoms with Crippen molar-refractivity contribution in [2.75, 3.05) is 6.61 Å². The fourth-order valence-electron chi connectivity index (χ4n) is 1.48. The zero-order valence-corrected chi connectivity index (χ0v) is 12.6. The molecule has 1 radical (unpaired) electrons. The Bertz CT molecular complexity index is 304. The minimum Gasteiger partial charge on any atom is -1.00 e. The number of aliphatic hydroxyl groups is 1. The van der Waals surface area contributed by atoms with Gasteiger partial charge in [0, 0.05) is 5.92 Å². The van der Waals surface area contributed by atoms with E-state index in [4.69, 9.17) is 5.11 Å². The molecule has 0 bridgehead atoms. The second kappa shape index (κ2) is 9.87. The standard InChI is InChI=1S/C10H10O.3ClH.Zr/c11-7-9-6-5-8-3-1-2-4-10(8)9;;;;/h1-6,9,11H,7H2;3*1H;/q;;;;+3/p-3/t9-;;;;/m1..../s1. The summed E-state index contributed by atoms with van der Waals surface area (Å²) in [6, 6.07) is 8.16. The van der Waals surface area contributed by atoms with Crippen LogP contribution in [0.3, 0.4) is 0 Å². The Hall–Kier alpha value is 0.673. The average Bonchev–Trinajstić information content (AvgIpc) is 2.47. The van der Waals surface area contributed by atoms with Crippen molar-refractivity contribution in [3.63, 3.8) is 0 Å². The summed E-state index contributed by atoms with van der Waals surface area (Å²) in [5.41, 5.74) is 2.49. The van der Waals surface area contributed by atoms with E-state index in [1.165, 1.54) is 11.1 Å². The first-order valence-electron chi connectivity index (χ1n) is 3.80. The van der Waals surface area contributed by atoms with Gasteiger partial charge in [-0.05, 0) is 11.1 Å². The van der Waals surface area contributed by atoms with Crippen LogP contribution in [0.1, 0.15) is 17.0 Å². The second-order valence-electron chi connectivity index (χ2n) is 2.78. The minimum absolute atomic E-state index is 0. The molecule has 1 aromatic carbocycles. The number of rotatable bonds is 1. The average molecular weight is 344 g/mol. The third kappa shape index (κ3) is 4.58. The first-order chi connectivity index (χ1) is 5.42. The van der Waals surface area contributed by atoms with Gasteiger partial charge >= 0.3 is 26.2 Å². The fraction of sp³-hybridized carbons (Fsp3) is 0.200. The predicted octanol–water partition coefficient (Wildman–Crippen LogP) is -7.20. The predicted molar refractivity (Wildman–Crippen MR) is 45.3 cm³/mol. The van der Waals surface area contributed by atoms with Crippen molar-refractivity contribution in [1.29, 1.82) is 0 Å². The van der Waals surface area contributed by atoms with Gasteiger partial charge in [-0.25, -0.2) is 0 Å². The largest absolute Gasteiger partial charge is 3.00 e. The molecular weight excluding hydrogens is 334 g/mol. The van der Waals surface area contributed by atoms with E-state index in [1.807, 2.05) is 18.2 Å². The molecule has 1 aliphatic carbocycles. The topological polar surface area (TPSA) is 20.2 Å². The quantitative estimate of drug-likeness (QED) is 0.537. The molecule has 0 saturated heterocycles. The van der Waals surface area contributed by atoms with Crippen molar-refractivity contribution >= 4 is 6.08 Å². The molecule has 5 heteroatoms. The van der Waals surface area contributed by atoms with Crippen LogP contribution < -0.4 is 37.2 Å². The molecule has 15 heavy (non-hydrogen) atoms.